The number of hydrogen-bond acceptors (Lipinski definition) is 4. The number of nitrogens with one attached hydrogen (secondary N) is 1. The second-order valence-electron chi connectivity index (χ2n) is 3.32. The van der Waals surface area contributed by atoms with Crippen LogP contribution in [0.4, 0.5) is 0 Å². The molecule has 0 radical (unpaired) electrons. The summed E-state index contributed by atoms with van der Waals surface area (Å²) in [5, 5.41) is 3.80. The molecule has 1 rings (SSSR count). The highest BCUT2D eigenvalue weighted by molar-refractivity contribution is 7.89. The van der Waals surface area contributed by atoms with Gasteiger partial charge in [0.05, 0.1) is 11.2 Å². The van der Waals surface area contributed by atoms with Gasteiger partial charge in [-0.3, -0.25) is 4.68 Å². The number of sulfonamides is 1. The molecule has 0 aliphatic carbocycles. The molecule has 0 aromatic carbocycles. The van der Waals surface area contributed by atoms with Crippen molar-refractivity contribution in [3.63, 3.8) is 0 Å². The Morgan fingerprint density at radius 2 is 2.38 bits per heavy atom. The molecule has 1 aromatic rings. The van der Waals surface area contributed by atoms with E-state index >= 15 is 0 Å². The maximum atomic E-state index is 11.7. The molecule has 16 heavy (non-hydrogen) atoms. The zero-order valence-corrected chi connectivity index (χ0v) is 10.5. The van der Waals surface area contributed by atoms with E-state index in [4.69, 9.17) is 5.73 Å². The van der Waals surface area contributed by atoms with Gasteiger partial charge in [-0.1, -0.05) is 12.2 Å². The summed E-state index contributed by atoms with van der Waals surface area (Å²) < 4.78 is 27.2. The molecule has 0 fully saturated rings. The Hall–Kier alpha value is -0.990. The Balaban J connectivity index is 2.50. The average molecular weight is 262 g/mol. The first kappa shape index (κ1) is 13.1. The lowest BCUT2D eigenvalue weighted by Crippen LogP contribution is -2.25. The molecule has 0 spiro atoms. The summed E-state index contributed by atoms with van der Waals surface area (Å²) in [5.41, 5.74) is 5.30. The van der Waals surface area contributed by atoms with Crippen molar-refractivity contribution in [3.05, 3.63) is 12.4 Å². The quantitative estimate of drug-likeness (QED) is 0.546. The fourth-order valence-electron chi connectivity index (χ4n) is 1.09. The molecule has 0 amide bonds. The summed E-state index contributed by atoms with van der Waals surface area (Å²) in [6, 6.07) is 0. The van der Waals surface area contributed by atoms with Crippen LogP contribution in [0, 0.1) is 0 Å². The second-order valence-corrected chi connectivity index (χ2v) is 5.61. The number of rotatable bonds is 6. The number of nitrogens with zero attached hydrogens (tertiary/aromatic N) is 2. The molecule has 0 bridgehead atoms. The maximum Gasteiger partial charge on any atom is 0.243 e. The van der Waals surface area contributed by atoms with E-state index in [1.165, 1.54) is 17.1 Å². The molecule has 3 N–H and O–H groups in total. The summed E-state index contributed by atoms with van der Waals surface area (Å²) in [6.45, 7) is 0.314. The molecular weight excluding hydrogens is 248 g/mol. The van der Waals surface area contributed by atoms with Crippen molar-refractivity contribution in [2.75, 3.05) is 6.54 Å². The van der Waals surface area contributed by atoms with Gasteiger partial charge in [0.2, 0.25) is 10.0 Å². The minimum Gasteiger partial charge on any atom is -0.393 e. The first-order valence-electron chi connectivity index (χ1n) is 4.68. The Kier molecular flexibility index (Phi) is 4.39. The summed E-state index contributed by atoms with van der Waals surface area (Å²) in [5.74, 6) is 0. The highest BCUT2D eigenvalue weighted by Gasteiger charge is 2.14. The van der Waals surface area contributed by atoms with Crippen LogP contribution in [0.15, 0.2) is 17.3 Å². The van der Waals surface area contributed by atoms with Crippen LogP contribution < -0.4 is 10.5 Å². The summed E-state index contributed by atoms with van der Waals surface area (Å²) in [7, 11) is -1.80. The summed E-state index contributed by atoms with van der Waals surface area (Å²) >= 11 is 4.69. The SMILES string of the molecule is Cn1cc(S(=O)(=O)NCCCC(N)=S)cn1. The van der Waals surface area contributed by atoms with Gasteiger partial charge in [0.25, 0.3) is 0 Å². The van der Waals surface area contributed by atoms with Crippen molar-refractivity contribution in [2.45, 2.75) is 17.7 Å². The molecule has 0 atom stereocenters. The summed E-state index contributed by atoms with van der Waals surface area (Å²) in [6.07, 6.45) is 3.87. The Morgan fingerprint density at radius 1 is 1.69 bits per heavy atom. The number of thiocarbonyl (C=S) groups is 1. The first-order valence-corrected chi connectivity index (χ1v) is 6.57. The van der Waals surface area contributed by atoms with Crippen LogP contribution in [0.1, 0.15) is 12.8 Å². The third kappa shape index (κ3) is 3.87. The fraction of sp³-hybridized carbons (Fsp3) is 0.500. The standard InChI is InChI=1S/C8H14N4O2S2/c1-12-6-7(5-10-12)16(13,14)11-4-2-3-8(9)15/h5-6,11H,2-4H2,1H3,(H2,9,15). The molecule has 1 heterocycles. The van der Waals surface area contributed by atoms with E-state index in [-0.39, 0.29) is 4.90 Å². The minimum atomic E-state index is -3.45. The van der Waals surface area contributed by atoms with Crippen LogP contribution in [-0.4, -0.2) is 29.7 Å². The van der Waals surface area contributed by atoms with Crippen molar-refractivity contribution in [2.24, 2.45) is 12.8 Å². The predicted molar refractivity (Wildman–Crippen MR) is 64.4 cm³/mol. The zero-order valence-electron chi connectivity index (χ0n) is 8.88. The maximum absolute atomic E-state index is 11.7. The summed E-state index contributed by atoms with van der Waals surface area (Å²) in [4.78, 5) is 0.547. The number of aromatic nitrogens is 2. The molecule has 0 saturated carbocycles. The van der Waals surface area contributed by atoms with Gasteiger partial charge >= 0.3 is 0 Å². The molecular formula is C8H14N4O2S2. The fourth-order valence-corrected chi connectivity index (χ4v) is 2.29. The third-order valence-electron chi connectivity index (χ3n) is 1.88. The van der Waals surface area contributed by atoms with Crippen molar-refractivity contribution < 1.29 is 8.42 Å². The van der Waals surface area contributed by atoms with E-state index in [9.17, 15) is 8.42 Å². The van der Waals surface area contributed by atoms with E-state index in [1.807, 2.05) is 0 Å². The van der Waals surface area contributed by atoms with Gasteiger partial charge in [-0.25, -0.2) is 13.1 Å². The van der Waals surface area contributed by atoms with Gasteiger partial charge in [-0.2, -0.15) is 5.10 Å². The highest BCUT2D eigenvalue weighted by atomic mass is 32.2. The molecule has 0 unspecified atom stereocenters. The van der Waals surface area contributed by atoms with Gasteiger partial charge in [-0.05, 0) is 12.8 Å². The van der Waals surface area contributed by atoms with Gasteiger partial charge in [0.15, 0.2) is 0 Å². The van der Waals surface area contributed by atoms with Crippen LogP contribution in [-0.2, 0) is 17.1 Å². The molecule has 90 valence electrons. The van der Waals surface area contributed by atoms with Gasteiger partial charge in [0, 0.05) is 19.8 Å². The number of aryl methyl sites for hydroxylation is 1. The van der Waals surface area contributed by atoms with Crippen molar-refractivity contribution in [1.29, 1.82) is 0 Å². The van der Waals surface area contributed by atoms with Crippen LogP contribution in [0.2, 0.25) is 0 Å². The molecule has 8 heteroatoms. The molecule has 0 saturated heterocycles. The number of nitrogens with two attached hydrogens (primary N) is 1. The predicted octanol–water partition coefficient (Wildman–Crippen LogP) is -0.235. The lowest BCUT2D eigenvalue weighted by Gasteiger charge is -2.03. The van der Waals surface area contributed by atoms with E-state index in [0.717, 1.165) is 0 Å². The molecule has 0 aliphatic rings. The van der Waals surface area contributed by atoms with Gasteiger partial charge in [0.1, 0.15) is 4.90 Å². The third-order valence-corrected chi connectivity index (χ3v) is 3.50. The van der Waals surface area contributed by atoms with Crippen molar-refractivity contribution in [1.82, 2.24) is 14.5 Å². The normalized spacial score (nSPS) is 11.6. The number of hydrogen-bond donors (Lipinski definition) is 2. The highest BCUT2D eigenvalue weighted by Crippen LogP contribution is 2.05. The Labute approximate surface area is 99.9 Å². The van der Waals surface area contributed by atoms with E-state index in [2.05, 4.69) is 22.0 Å². The molecule has 6 nitrogen and oxygen atoms in total. The average Bonchev–Trinajstić information content (AvgIpc) is 2.60. The van der Waals surface area contributed by atoms with E-state index < -0.39 is 10.0 Å². The minimum absolute atomic E-state index is 0.158. The van der Waals surface area contributed by atoms with Crippen molar-refractivity contribution in [3.8, 4) is 0 Å². The van der Waals surface area contributed by atoms with Crippen LogP contribution in [0.3, 0.4) is 0 Å². The second kappa shape index (κ2) is 5.37. The van der Waals surface area contributed by atoms with Crippen molar-refractivity contribution >= 4 is 27.2 Å². The van der Waals surface area contributed by atoms with Crippen LogP contribution in [0.25, 0.3) is 0 Å². The molecule has 0 aliphatic heterocycles. The van der Waals surface area contributed by atoms with E-state index in [0.29, 0.717) is 24.4 Å². The van der Waals surface area contributed by atoms with Gasteiger partial charge < -0.3 is 5.73 Å². The Morgan fingerprint density at radius 3 is 2.88 bits per heavy atom. The van der Waals surface area contributed by atoms with Crippen LogP contribution in [0.5, 0.6) is 0 Å². The smallest absolute Gasteiger partial charge is 0.243 e. The largest absolute Gasteiger partial charge is 0.393 e. The monoisotopic (exact) mass is 262 g/mol. The first-order chi connectivity index (χ1) is 7.42. The van der Waals surface area contributed by atoms with Gasteiger partial charge in [-0.15, -0.1) is 0 Å². The topological polar surface area (TPSA) is 90.0 Å². The zero-order chi connectivity index (χ0) is 12.2. The lowest BCUT2D eigenvalue weighted by molar-refractivity contribution is 0.579. The molecule has 1 aromatic heterocycles. The van der Waals surface area contributed by atoms with Crippen LogP contribution >= 0.6 is 12.2 Å². The lowest BCUT2D eigenvalue weighted by atomic mass is 10.3. The van der Waals surface area contributed by atoms with E-state index in [1.54, 1.807) is 7.05 Å². The Bertz CT molecular complexity index is 466.